The van der Waals surface area contributed by atoms with Gasteiger partial charge in [-0.2, -0.15) is 0 Å². The number of aliphatic hydroxyl groups is 1. The van der Waals surface area contributed by atoms with Crippen molar-refractivity contribution < 1.29 is 14.6 Å². The normalized spacial score (nSPS) is 20.8. The fourth-order valence-electron chi connectivity index (χ4n) is 4.54. The predicted octanol–water partition coefficient (Wildman–Crippen LogP) is 5.90. The zero-order valence-corrected chi connectivity index (χ0v) is 19.4. The molecule has 170 valence electrons. The van der Waals surface area contributed by atoms with Crippen molar-refractivity contribution in [3.63, 3.8) is 0 Å². The standard InChI is InChI=1S/C28H35NO3/c1-19(2)31-25-11-5-20(6-12-25)21-7-13-26(14-8-21)32-27-15-9-22-16-24(28(3,29)18-30)10-4-23(22)17-27/h4-6,9-12,15-17,19,21,26,30H,7-8,13-14,18,29H2,1-3H3/t21?,26?,28-/m0/s1. The molecule has 0 radical (unpaired) electrons. The summed E-state index contributed by atoms with van der Waals surface area (Å²) in [6, 6.07) is 20.9. The second-order valence-corrected chi connectivity index (χ2v) is 9.63. The molecule has 1 atom stereocenters. The first kappa shape index (κ1) is 22.6. The average Bonchev–Trinajstić information content (AvgIpc) is 2.79. The number of aliphatic hydroxyl groups excluding tert-OH is 1. The molecule has 3 aromatic rings. The van der Waals surface area contributed by atoms with Crippen LogP contribution in [-0.4, -0.2) is 23.9 Å². The molecule has 0 aliphatic heterocycles. The topological polar surface area (TPSA) is 64.7 Å². The van der Waals surface area contributed by atoms with Crippen molar-refractivity contribution in [3.05, 3.63) is 71.8 Å². The number of hydrogen-bond donors (Lipinski definition) is 2. The molecule has 1 aliphatic rings. The molecule has 3 aromatic carbocycles. The summed E-state index contributed by atoms with van der Waals surface area (Å²) in [5.41, 5.74) is 7.78. The van der Waals surface area contributed by atoms with E-state index in [0.717, 1.165) is 53.5 Å². The highest BCUT2D eigenvalue weighted by molar-refractivity contribution is 5.84. The highest BCUT2D eigenvalue weighted by Crippen LogP contribution is 2.36. The largest absolute Gasteiger partial charge is 0.491 e. The third-order valence-corrected chi connectivity index (χ3v) is 6.50. The van der Waals surface area contributed by atoms with Crippen LogP contribution in [0, 0.1) is 0 Å². The van der Waals surface area contributed by atoms with E-state index >= 15 is 0 Å². The van der Waals surface area contributed by atoms with Gasteiger partial charge in [-0.3, -0.25) is 0 Å². The highest BCUT2D eigenvalue weighted by atomic mass is 16.5. The van der Waals surface area contributed by atoms with Crippen molar-refractivity contribution in [2.75, 3.05) is 6.61 Å². The van der Waals surface area contributed by atoms with E-state index in [1.165, 1.54) is 5.56 Å². The Labute approximate surface area is 191 Å². The summed E-state index contributed by atoms with van der Waals surface area (Å²) < 4.78 is 12.1. The molecule has 0 aromatic heterocycles. The number of fused-ring (bicyclic) bond motifs is 1. The molecule has 4 rings (SSSR count). The van der Waals surface area contributed by atoms with E-state index in [4.69, 9.17) is 15.2 Å². The van der Waals surface area contributed by atoms with Gasteiger partial charge in [0.05, 0.1) is 24.4 Å². The van der Waals surface area contributed by atoms with Crippen molar-refractivity contribution in [2.24, 2.45) is 5.73 Å². The number of rotatable bonds is 7. The smallest absolute Gasteiger partial charge is 0.120 e. The zero-order valence-electron chi connectivity index (χ0n) is 19.4. The van der Waals surface area contributed by atoms with Gasteiger partial charge in [0.1, 0.15) is 11.5 Å². The zero-order chi connectivity index (χ0) is 22.7. The van der Waals surface area contributed by atoms with Gasteiger partial charge in [-0.05, 0) is 105 Å². The lowest BCUT2D eigenvalue weighted by Gasteiger charge is -2.29. The van der Waals surface area contributed by atoms with Gasteiger partial charge in [0, 0.05) is 0 Å². The summed E-state index contributed by atoms with van der Waals surface area (Å²) in [7, 11) is 0. The number of hydrogen-bond acceptors (Lipinski definition) is 4. The Morgan fingerprint density at radius 1 is 0.906 bits per heavy atom. The minimum Gasteiger partial charge on any atom is -0.491 e. The molecule has 1 fully saturated rings. The van der Waals surface area contributed by atoms with Crippen molar-refractivity contribution in [1.82, 2.24) is 0 Å². The Kier molecular flexibility index (Phi) is 6.73. The highest BCUT2D eigenvalue weighted by Gasteiger charge is 2.24. The fourth-order valence-corrected chi connectivity index (χ4v) is 4.54. The molecule has 4 heteroatoms. The van der Waals surface area contributed by atoms with E-state index in [2.05, 4.69) is 62.4 Å². The van der Waals surface area contributed by atoms with E-state index in [0.29, 0.717) is 5.92 Å². The van der Waals surface area contributed by atoms with Gasteiger partial charge in [-0.25, -0.2) is 0 Å². The summed E-state index contributed by atoms with van der Waals surface area (Å²) in [5.74, 6) is 2.45. The molecule has 0 heterocycles. The molecular formula is C28H35NO3. The van der Waals surface area contributed by atoms with Crippen LogP contribution >= 0.6 is 0 Å². The molecule has 0 unspecified atom stereocenters. The number of benzene rings is 3. The maximum atomic E-state index is 9.53. The minimum absolute atomic E-state index is 0.0851. The Bertz CT molecular complexity index is 1030. The lowest BCUT2D eigenvalue weighted by Crippen LogP contribution is -2.36. The van der Waals surface area contributed by atoms with Gasteiger partial charge in [-0.15, -0.1) is 0 Å². The van der Waals surface area contributed by atoms with Crippen LogP contribution in [0.25, 0.3) is 10.8 Å². The van der Waals surface area contributed by atoms with Crippen LogP contribution < -0.4 is 15.2 Å². The number of ether oxygens (including phenoxy) is 2. The average molecular weight is 434 g/mol. The Morgan fingerprint density at radius 2 is 1.53 bits per heavy atom. The molecule has 0 saturated heterocycles. The fraction of sp³-hybridized carbons (Fsp3) is 0.429. The van der Waals surface area contributed by atoms with Gasteiger partial charge in [0.15, 0.2) is 0 Å². The third kappa shape index (κ3) is 5.25. The molecular weight excluding hydrogens is 398 g/mol. The van der Waals surface area contributed by atoms with Crippen LogP contribution in [-0.2, 0) is 5.54 Å². The van der Waals surface area contributed by atoms with Crippen LogP contribution in [0.1, 0.15) is 63.5 Å². The van der Waals surface area contributed by atoms with Crippen LogP contribution in [0.3, 0.4) is 0 Å². The van der Waals surface area contributed by atoms with Crippen molar-refractivity contribution in [1.29, 1.82) is 0 Å². The third-order valence-electron chi connectivity index (χ3n) is 6.50. The van der Waals surface area contributed by atoms with E-state index in [9.17, 15) is 5.11 Å². The quantitative estimate of drug-likeness (QED) is 0.487. The van der Waals surface area contributed by atoms with Gasteiger partial charge < -0.3 is 20.3 Å². The molecule has 0 amide bonds. The van der Waals surface area contributed by atoms with E-state index in [-0.39, 0.29) is 18.8 Å². The molecule has 32 heavy (non-hydrogen) atoms. The molecule has 1 aliphatic carbocycles. The van der Waals surface area contributed by atoms with E-state index < -0.39 is 5.54 Å². The summed E-state index contributed by atoms with van der Waals surface area (Å²) in [4.78, 5) is 0. The first-order valence-electron chi connectivity index (χ1n) is 11.7. The van der Waals surface area contributed by atoms with Crippen LogP contribution in [0.15, 0.2) is 60.7 Å². The lowest BCUT2D eigenvalue weighted by atomic mass is 9.82. The van der Waals surface area contributed by atoms with Crippen LogP contribution in [0.2, 0.25) is 0 Å². The predicted molar refractivity (Wildman–Crippen MR) is 130 cm³/mol. The summed E-state index contributed by atoms with van der Waals surface area (Å²) in [6.07, 6.45) is 4.87. The van der Waals surface area contributed by atoms with Crippen LogP contribution in [0.5, 0.6) is 11.5 Å². The van der Waals surface area contributed by atoms with Gasteiger partial charge in [0.25, 0.3) is 0 Å². The van der Waals surface area contributed by atoms with E-state index in [1.807, 2.05) is 19.1 Å². The van der Waals surface area contributed by atoms with Gasteiger partial charge >= 0.3 is 0 Å². The minimum atomic E-state index is -0.732. The van der Waals surface area contributed by atoms with E-state index in [1.54, 1.807) is 0 Å². The summed E-state index contributed by atoms with van der Waals surface area (Å²) in [6.45, 7) is 5.86. The monoisotopic (exact) mass is 433 g/mol. The van der Waals surface area contributed by atoms with Crippen molar-refractivity contribution in [3.8, 4) is 11.5 Å². The van der Waals surface area contributed by atoms with Gasteiger partial charge in [-0.1, -0.05) is 30.3 Å². The maximum Gasteiger partial charge on any atom is 0.120 e. The lowest BCUT2D eigenvalue weighted by molar-refractivity contribution is 0.146. The Hall–Kier alpha value is -2.56. The Morgan fingerprint density at radius 3 is 2.19 bits per heavy atom. The first-order chi connectivity index (χ1) is 15.3. The second-order valence-electron chi connectivity index (χ2n) is 9.63. The van der Waals surface area contributed by atoms with Crippen LogP contribution in [0.4, 0.5) is 0 Å². The summed E-state index contributed by atoms with van der Waals surface area (Å²) in [5, 5.41) is 11.8. The molecule has 3 N–H and O–H groups in total. The number of nitrogens with two attached hydrogens (primary N) is 1. The molecule has 1 saturated carbocycles. The van der Waals surface area contributed by atoms with Gasteiger partial charge in [0.2, 0.25) is 0 Å². The maximum absolute atomic E-state index is 9.53. The summed E-state index contributed by atoms with van der Waals surface area (Å²) >= 11 is 0. The molecule has 4 nitrogen and oxygen atoms in total. The SMILES string of the molecule is CC(C)Oc1ccc(C2CCC(Oc3ccc4cc([C@@](C)(N)CO)ccc4c3)CC2)cc1. The van der Waals surface area contributed by atoms with Crippen molar-refractivity contribution in [2.45, 2.75) is 70.1 Å². The first-order valence-corrected chi connectivity index (χ1v) is 11.7. The molecule has 0 spiro atoms. The second kappa shape index (κ2) is 9.51. The Balaban J connectivity index is 1.36. The van der Waals surface area contributed by atoms with Crippen molar-refractivity contribution >= 4 is 10.8 Å². The molecule has 0 bridgehead atoms.